The van der Waals surface area contributed by atoms with Crippen LogP contribution in [0.1, 0.15) is 22.9 Å². The fourth-order valence-electron chi connectivity index (χ4n) is 3.12. The van der Waals surface area contributed by atoms with E-state index in [1.165, 1.54) is 0 Å². The fraction of sp³-hybridized carbons (Fsp3) is 0.533. The van der Waals surface area contributed by atoms with Gasteiger partial charge in [-0.15, -0.1) is 0 Å². The SMILES string of the molecule is CN(C)C(=O)C1CN(Cc2cnn(C)c2)Cc2ncn(C)c21. The number of aryl methyl sites for hydroxylation is 2. The van der Waals surface area contributed by atoms with E-state index in [1.54, 1.807) is 30.0 Å². The molecule has 118 valence electrons. The Labute approximate surface area is 130 Å². The van der Waals surface area contributed by atoms with E-state index < -0.39 is 0 Å². The number of carbonyl (C=O) groups excluding carboxylic acids is 1. The van der Waals surface area contributed by atoms with Gasteiger partial charge in [0.25, 0.3) is 0 Å². The molecule has 7 nitrogen and oxygen atoms in total. The number of fused-ring (bicyclic) bond motifs is 1. The van der Waals surface area contributed by atoms with E-state index in [0.717, 1.165) is 30.0 Å². The summed E-state index contributed by atoms with van der Waals surface area (Å²) in [7, 11) is 7.48. The number of carbonyl (C=O) groups is 1. The highest BCUT2D eigenvalue weighted by Gasteiger charge is 2.34. The molecule has 0 radical (unpaired) electrons. The first-order valence-corrected chi connectivity index (χ1v) is 7.37. The minimum atomic E-state index is -0.164. The summed E-state index contributed by atoms with van der Waals surface area (Å²) in [5.74, 6) is -0.0383. The first-order valence-electron chi connectivity index (χ1n) is 7.37. The normalized spacial score (nSPS) is 18.3. The predicted molar refractivity (Wildman–Crippen MR) is 82.0 cm³/mol. The van der Waals surface area contributed by atoms with Crippen LogP contribution in [-0.2, 0) is 32.0 Å². The molecule has 0 saturated carbocycles. The standard InChI is InChI=1S/C15H22N6O/c1-18(2)15(22)12-8-21(7-11-5-17-20(4)6-11)9-13-14(12)19(3)10-16-13/h5-6,10,12H,7-9H2,1-4H3. The summed E-state index contributed by atoms with van der Waals surface area (Å²) in [4.78, 5) is 21.0. The van der Waals surface area contributed by atoms with Crippen LogP contribution in [0.3, 0.4) is 0 Å². The van der Waals surface area contributed by atoms with Gasteiger partial charge in [-0.25, -0.2) is 4.98 Å². The van der Waals surface area contributed by atoms with Gasteiger partial charge in [-0.05, 0) is 0 Å². The van der Waals surface area contributed by atoms with Crippen molar-refractivity contribution in [2.45, 2.75) is 19.0 Å². The number of amides is 1. The number of nitrogens with zero attached hydrogens (tertiary/aromatic N) is 6. The topological polar surface area (TPSA) is 59.2 Å². The molecule has 3 heterocycles. The van der Waals surface area contributed by atoms with Crippen LogP contribution in [0.25, 0.3) is 0 Å². The Hall–Kier alpha value is -2.15. The largest absolute Gasteiger partial charge is 0.348 e. The number of rotatable bonds is 3. The minimum absolute atomic E-state index is 0.126. The zero-order valence-corrected chi connectivity index (χ0v) is 13.5. The minimum Gasteiger partial charge on any atom is -0.348 e. The van der Waals surface area contributed by atoms with Crippen LogP contribution < -0.4 is 0 Å². The molecule has 2 aromatic rings. The van der Waals surface area contributed by atoms with Crippen molar-refractivity contribution in [1.29, 1.82) is 0 Å². The third-order valence-electron chi connectivity index (χ3n) is 4.11. The maximum Gasteiger partial charge on any atom is 0.232 e. The Kier molecular flexibility index (Phi) is 3.74. The lowest BCUT2D eigenvalue weighted by molar-refractivity contribution is -0.131. The molecule has 1 unspecified atom stereocenters. The Morgan fingerprint density at radius 2 is 2.18 bits per heavy atom. The first-order chi connectivity index (χ1) is 10.5. The molecule has 7 heteroatoms. The molecular formula is C15H22N6O. The molecule has 3 rings (SSSR count). The van der Waals surface area contributed by atoms with Crippen LogP contribution in [0, 0.1) is 0 Å². The van der Waals surface area contributed by atoms with Crippen molar-refractivity contribution in [3.05, 3.63) is 35.7 Å². The molecule has 0 aromatic carbocycles. The second kappa shape index (κ2) is 5.57. The number of hydrogen-bond acceptors (Lipinski definition) is 4. The molecule has 0 N–H and O–H groups in total. The lowest BCUT2D eigenvalue weighted by Crippen LogP contribution is -2.41. The van der Waals surface area contributed by atoms with E-state index in [0.29, 0.717) is 6.54 Å². The van der Waals surface area contributed by atoms with Crippen LogP contribution in [0.4, 0.5) is 0 Å². The van der Waals surface area contributed by atoms with Crippen LogP contribution in [0.5, 0.6) is 0 Å². The second-order valence-electron chi connectivity index (χ2n) is 6.16. The third-order valence-corrected chi connectivity index (χ3v) is 4.11. The van der Waals surface area contributed by atoms with Gasteiger partial charge >= 0.3 is 0 Å². The van der Waals surface area contributed by atoms with Crippen LogP contribution >= 0.6 is 0 Å². The Morgan fingerprint density at radius 1 is 1.41 bits per heavy atom. The summed E-state index contributed by atoms with van der Waals surface area (Å²) in [6.45, 7) is 2.25. The van der Waals surface area contributed by atoms with Crippen molar-refractivity contribution in [2.24, 2.45) is 14.1 Å². The smallest absolute Gasteiger partial charge is 0.232 e. The molecule has 1 aliphatic heterocycles. The Balaban J connectivity index is 1.86. The highest BCUT2D eigenvalue weighted by Crippen LogP contribution is 2.29. The van der Waals surface area contributed by atoms with Gasteiger partial charge in [0.05, 0.1) is 29.8 Å². The van der Waals surface area contributed by atoms with Gasteiger partial charge in [0.1, 0.15) is 0 Å². The van der Waals surface area contributed by atoms with E-state index in [2.05, 4.69) is 15.0 Å². The number of aromatic nitrogens is 4. The van der Waals surface area contributed by atoms with Gasteiger partial charge in [0, 0.05) is 59.6 Å². The van der Waals surface area contributed by atoms with Gasteiger partial charge in [-0.3, -0.25) is 14.4 Å². The summed E-state index contributed by atoms with van der Waals surface area (Å²) < 4.78 is 3.77. The average molecular weight is 302 g/mol. The van der Waals surface area contributed by atoms with Crippen LogP contribution in [0.15, 0.2) is 18.7 Å². The van der Waals surface area contributed by atoms with E-state index in [9.17, 15) is 4.79 Å². The van der Waals surface area contributed by atoms with E-state index >= 15 is 0 Å². The highest BCUT2D eigenvalue weighted by atomic mass is 16.2. The highest BCUT2D eigenvalue weighted by molar-refractivity contribution is 5.83. The molecule has 1 amide bonds. The van der Waals surface area contributed by atoms with Gasteiger partial charge in [0.15, 0.2) is 0 Å². The molecule has 1 aliphatic rings. The van der Waals surface area contributed by atoms with E-state index in [-0.39, 0.29) is 11.8 Å². The van der Waals surface area contributed by atoms with Crippen molar-refractivity contribution >= 4 is 5.91 Å². The summed E-state index contributed by atoms with van der Waals surface area (Å²) in [5, 5.41) is 4.21. The summed E-state index contributed by atoms with van der Waals surface area (Å²) in [5.41, 5.74) is 3.19. The maximum absolute atomic E-state index is 12.6. The molecule has 2 aromatic heterocycles. The monoisotopic (exact) mass is 302 g/mol. The molecule has 0 spiro atoms. The van der Waals surface area contributed by atoms with Gasteiger partial charge < -0.3 is 9.47 Å². The summed E-state index contributed by atoms with van der Waals surface area (Å²) in [6, 6.07) is 0. The fourth-order valence-corrected chi connectivity index (χ4v) is 3.12. The van der Waals surface area contributed by atoms with Crippen molar-refractivity contribution in [1.82, 2.24) is 29.1 Å². The number of likely N-dealkylation sites (N-methyl/N-ethyl adjacent to an activating group) is 1. The predicted octanol–water partition coefficient (Wildman–Crippen LogP) is 0.341. The first kappa shape index (κ1) is 14.8. The second-order valence-corrected chi connectivity index (χ2v) is 6.16. The van der Waals surface area contributed by atoms with Crippen molar-refractivity contribution in [3.8, 4) is 0 Å². The van der Waals surface area contributed by atoms with E-state index in [4.69, 9.17) is 0 Å². The van der Waals surface area contributed by atoms with Crippen molar-refractivity contribution in [2.75, 3.05) is 20.6 Å². The maximum atomic E-state index is 12.6. The molecule has 0 aliphatic carbocycles. The van der Waals surface area contributed by atoms with Crippen molar-refractivity contribution in [3.63, 3.8) is 0 Å². The number of hydrogen-bond donors (Lipinski definition) is 0. The molecule has 0 bridgehead atoms. The van der Waals surface area contributed by atoms with Gasteiger partial charge in [-0.1, -0.05) is 0 Å². The lowest BCUT2D eigenvalue weighted by atomic mass is 9.96. The average Bonchev–Trinajstić information content (AvgIpc) is 3.04. The van der Waals surface area contributed by atoms with Gasteiger partial charge in [-0.2, -0.15) is 5.10 Å². The molecule has 0 fully saturated rings. The van der Waals surface area contributed by atoms with Crippen molar-refractivity contribution < 1.29 is 4.79 Å². The zero-order chi connectivity index (χ0) is 15.9. The summed E-state index contributed by atoms with van der Waals surface area (Å²) >= 11 is 0. The zero-order valence-electron chi connectivity index (χ0n) is 13.5. The van der Waals surface area contributed by atoms with Gasteiger partial charge in [0.2, 0.25) is 5.91 Å². The summed E-state index contributed by atoms with van der Waals surface area (Å²) in [6.07, 6.45) is 5.68. The van der Waals surface area contributed by atoms with E-state index in [1.807, 2.05) is 31.1 Å². The number of imidazole rings is 1. The van der Waals surface area contributed by atoms with Crippen LogP contribution in [0.2, 0.25) is 0 Å². The lowest BCUT2D eigenvalue weighted by Gasteiger charge is -2.33. The Bertz CT molecular complexity index is 686. The molecular weight excluding hydrogens is 280 g/mol. The quantitative estimate of drug-likeness (QED) is 0.820. The molecule has 22 heavy (non-hydrogen) atoms. The Morgan fingerprint density at radius 3 is 2.82 bits per heavy atom. The molecule has 0 saturated heterocycles. The third kappa shape index (κ3) is 2.64. The van der Waals surface area contributed by atoms with Crippen LogP contribution in [-0.4, -0.2) is 55.7 Å². The molecule has 1 atom stereocenters.